The Kier molecular flexibility index (Phi) is 4.17. The molecule has 0 aliphatic rings. The summed E-state index contributed by atoms with van der Waals surface area (Å²) in [7, 11) is 0. The second kappa shape index (κ2) is 5.75. The number of hydrogen-bond donors (Lipinski definition) is 1. The zero-order valence-electron chi connectivity index (χ0n) is 12.5. The van der Waals surface area contributed by atoms with E-state index in [4.69, 9.17) is 4.74 Å². The molecule has 5 heteroatoms. The number of carbonyl (C=O) groups excluding carboxylic acids is 1. The van der Waals surface area contributed by atoms with Crippen molar-refractivity contribution in [2.24, 2.45) is 0 Å². The molecule has 0 saturated carbocycles. The fourth-order valence-electron chi connectivity index (χ4n) is 1.90. The van der Waals surface area contributed by atoms with Crippen LogP contribution >= 0.6 is 0 Å². The van der Waals surface area contributed by atoms with Crippen LogP contribution in [-0.2, 0) is 4.74 Å². The van der Waals surface area contributed by atoms with Gasteiger partial charge in [-0.25, -0.2) is 13.6 Å². The Bertz CT molecular complexity index is 701. The largest absolute Gasteiger partial charge is 0.508 e. The van der Waals surface area contributed by atoms with Crippen LogP contribution in [0.1, 0.15) is 31.1 Å². The first-order chi connectivity index (χ1) is 10.2. The summed E-state index contributed by atoms with van der Waals surface area (Å²) in [4.78, 5) is 11.9. The van der Waals surface area contributed by atoms with Crippen molar-refractivity contribution in [1.82, 2.24) is 0 Å². The van der Waals surface area contributed by atoms with Crippen LogP contribution in [0.4, 0.5) is 8.78 Å². The number of carbonyl (C=O) groups is 1. The molecule has 0 aliphatic carbocycles. The number of halogens is 2. The zero-order chi connectivity index (χ0) is 16.5. The van der Waals surface area contributed by atoms with Crippen molar-refractivity contribution in [3.63, 3.8) is 0 Å². The topological polar surface area (TPSA) is 46.5 Å². The van der Waals surface area contributed by atoms with E-state index in [0.29, 0.717) is 5.56 Å². The second-order valence-corrected chi connectivity index (χ2v) is 5.84. The fraction of sp³-hybridized carbons (Fsp3) is 0.235. The molecule has 0 spiro atoms. The number of aromatic hydroxyl groups is 1. The maximum absolute atomic E-state index is 14.2. The average molecular weight is 306 g/mol. The molecule has 0 heterocycles. The van der Waals surface area contributed by atoms with Gasteiger partial charge in [0.1, 0.15) is 11.4 Å². The minimum atomic E-state index is -1.25. The molecule has 0 unspecified atom stereocenters. The standard InChI is InChI=1S/C17H16F2O3/c1-17(2,3)22-16(21)13-9-8-12(14(18)15(13)19)10-4-6-11(20)7-5-10/h4-9,20H,1-3H3. The highest BCUT2D eigenvalue weighted by atomic mass is 19.2. The summed E-state index contributed by atoms with van der Waals surface area (Å²) in [6, 6.07) is 8.16. The number of esters is 1. The molecule has 3 nitrogen and oxygen atoms in total. The van der Waals surface area contributed by atoms with Gasteiger partial charge < -0.3 is 9.84 Å². The van der Waals surface area contributed by atoms with Crippen molar-refractivity contribution in [2.75, 3.05) is 0 Å². The first-order valence-electron chi connectivity index (χ1n) is 6.70. The van der Waals surface area contributed by atoms with Crippen LogP contribution in [0.15, 0.2) is 36.4 Å². The van der Waals surface area contributed by atoms with Gasteiger partial charge >= 0.3 is 5.97 Å². The first kappa shape index (κ1) is 15.9. The van der Waals surface area contributed by atoms with E-state index in [2.05, 4.69) is 0 Å². The minimum absolute atomic E-state index is 0.00445. The highest BCUT2D eigenvalue weighted by Crippen LogP contribution is 2.28. The molecular weight excluding hydrogens is 290 g/mol. The van der Waals surface area contributed by atoms with Crippen molar-refractivity contribution < 1.29 is 23.4 Å². The average Bonchev–Trinajstić information content (AvgIpc) is 2.41. The predicted molar refractivity (Wildman–Crippen MR) is 78.6 cm³/mol. The Labute approximate surface area is 127 Å². The number of ether oxygens (including phenoxy) is 1. The molecule has 0 aromatic heterocycles. The van der Waals surface area contributed by atoms with Gasteiger partial charge in [-0.2, -0.15) is 0 Å². The van der Waals surface area contributed by atoms with E-state index in [1.165, 1.54) is 36.4 Å². The summed E-state index contributed by atoms with van der Waals surface area (Å²) in [5, 5.41) is 9.22. The van der Waals surface area contributed by atoms with Crippen molar-refractivity contribution in [3.05, 3.63) is 53.6 Å². The van der Waals surface area contributed by atoms with E-state index in [1.807, 2.05) is 0 Å². The van der Waals surface area contributed by atoms with E-state index in [0.717, 1.165) is 0 Å². The van der Waals surface area contributed by atoms with Crippen LogP contribution in [0.5, 0.6) is 5.75 Å². The molecule has 0 fully saturated rings. The van der Waals surface area contributed by atoms with Crippen LogP contribution < -0.4 is 0 Å². The number of benzene rings is 2. The molecule has 2 aromatic carbocycles. The summed E-state index contributed by atoms with van der Waals surface area (Å²) in [5.41, 5.74) is -0.847. The Morgan fingerprint density at radius 3 is 2.14 bits per heavy atom. The normalized spacial score (nSPS) is 11.3. The molecule has 116 valence electrons. The molecular formula is C17H16F2O3. The highest BCUT2D eigenvalue weighted by Gasteiger charge is 2.24. The molecule has 0 bridgehead atoms. The van der Waals surface area contributed by atoms with E-state index < -0.39 is 28.8 Å². The van der Waals surface area contributed by atoms with Crippen LogP contribution in [0.25, 0.3) is 11.1 Å². The predicted octanol–water partition coefficient (Wildman–Crippen LogP) is 4.29. The summed E-state index contributed by atoms with van der Waals surface area (Å²) in [5.74, 6) is -3.27. The second-order valence-electron chi connectivity index (χ2n) is 5.84. The van der Waals surface area contributed by atoms with E-state index >= 15 is 0 Å². The van der Waals surface area contributed by atoms with Crippen molar-refractivity contribution in [2.45, 2.75) is 26.4 Å². The molecule has 2 aromatic rings. The van der Waals surface area contributed by atoms with Gasteiger partial charge in [-0.3, -0.25) is 0 Å². The highest BCUT2D eigenvalue weighted by molar-refractivity contribution is 5.90. The molecule has 1 N–H and O–H groups in total. The molecule has 22 heavy (non-hydrogen) atoms. The lowest BCUT2D eigenvalue weighted by molar-refractivity contribution is 0.00637. The van der Waals surface area contributed by atoms with Gasteiger partial charge in [-0.05, 0) is 44.5 Å². The summed E-state index contributed by atoms with van der Waals surface area (Å²) < 4.78 is 33.4. The zero-order valence-corrected chi connectivity index (χ0v) is 12.5. The van der Waals surface area contributed by atoms with Crippen molar-refractivity contribution >= 4 is 5.97 Å². The third-order valence-electron chi connectivity index (χ3n) is 2.88. The number of rotatable bonds is 2. The Hall–Kier alpha value is -2.43. The fourth-order valence-corrected chi connectivity index (χ4v) is 1.90. The van der Waals surface area contributed by atoms with Crippen LogP contribution in [-0.4, -0.2) is 16.7 Å². The summed E-state index contributed by atoms with van der Waals surface area (Å²) >= 11 is 0. The van der Waals surface area contributed by atoms with Crippen LogP contribution in [0, 0.1) is 11.6 Å². The maximum atomic E-state index is 14.2. The molecule has 0 aliphatic heterocycles. The molecule has 0 radical (unpaired) electrons. The van der Waals surface area contributed by atoms with Crippen LogP contribution in [0.2, 0.25) is 0 Å². The molecule has 2 rings (SSSR count). The van der Waals surface area contributed by atoms with Crippen LogP contribution in [0.3, 0.4) is 0 Å². The Morgan fingerprint density at radius 2 is 1.59 bits per heavy atom. The van der Waals surface area contributed by atoms with Gasteiger partial charge in [0.2, 0.25) is 0 Å². The monoisotopic (exact) mass is 306 g/mol. The lowest BCUT2D eigenvalue weighted by Crippen LogP contribution is -2.24. The quantitative estimate of drug-likeness (QED) is 0.842. The molecule has 0 atom stereocenters. The Morgan fingerprint density at radius 1 is 1.00 bits per heavy atom. The van der Waals surface area contributed by atoms with Crippen molar-refractivity contribution in [3.8, 4) is 16.9 Å². The number of hydrogen-bond acceptors (Lipinski definition) is 3. The number of phenols is 1. The maximum Gasteiger partial charge on any atom is 0.341 e. The third-order valence-corrected chi connectivity index (χ3v) is 2.88. The van der Waals surface area contributed by atoms with Crippen molar-refractivity contribution in [1.29, 1.82) is 0 Å². The van der Waals surface area contributed by atoms with Gasteiger partial charge in [-0.1, -0.05) is 18.2 Å². The first-order valence-corrected chi connectivity index (χ1v) is 6.70. The number of phenolic OH excluding ortho intramolecular Hbond substituents is 1. The van der Waals surface area contributed by atoms with Gasteiger partial charge in [0, 0.05) is 5.56 Å². The summed E-state index contributed by atoms with van der Waals surface area (Å²) in [6.07, 6.45) is 0. The molecule has 0 saturated heterocycles. The van der Waals surface area contributed by atoms with Gasteiger partial charge in [0.25, 0.3) is 0 Å². The SMILES string of the molecule is CC(C)(C)OC(=O)c1ccc(-c2ccc(O)cc2)c(F)c1F. The third kappa shape index (κ3) is 3.42. The van der Waals surface area contributed by atoms with Gasteiger partial charge in [0.15, 0.2) is 11.6 Å². The Balaban J connectivity index is 2.41. The van der Waals surface area contributed by atoms with Gasteiger partial charge in [0.05, 0.1) is 5.56 Å². The minimum Gasteiger partial charge on any atom is -0.508 e. The lowest BCUT2D eigenvalue weighted by Gasteiger charge is -2.20. The summed E-state index contributed by atoms with van der Waals surface area (Å²) in [6.45, 7) is 4.93. The van der Waals surface area contributed by atoms with E-state index in [9.17, 15) is 18.7 Å². The van der Waals surface area contributed by atoms with Gasteiger partial charge in [-0.15, -0.1) is 0 Å². The molecule has 0 amide bonds. The van der Waals surface area contributed by atoms with E-state index in [-0.39, 0.29) is 11.3 Å². The smallest absolute Gasteiger partial charge is 0.341 e. The lowest BCUT2D eigenvalue weighted by atomic mass is 10.0. The van der Waals surface area contributed by atoms with E-state index in [1.54, 1.807) is 20.8 Å².